The number of hydrogen-bond acceptors (Lipinski definition) is 4. The molecule has 1 fully saturated rings. The van der Waals surface area contributed by atoms with Crippen LogP contribution in [0.25, 0.3) is 0 Å². The summed E-state index contributed by atoms with van der Waals surface area (Å²) < 4.78 is 0. The highest BCUT2D eigenvalue weighted by Gasteiger charge is 2.16. The van der Waals surface area contributed by atoms with Crippen LogP contribution in [-0.4, -0.2) is 28.5 Å². The smallest absolute Gasteiger partial charge is 0.220 e. The lowest BCUT2D eigenvalue weighted by atomic mass is 10.1. The van der Waals surface area contributed by atoms with E-state index in [2.05, 4.69) is 20.6 Å². The topological polar surface area (TPSA) is 66.9 Å². The van der Waals surface area contributed by atoms with E-state index in [1.165, 1.54) is 0 Å². The lowest BCUT2D eigenvalue weighted by Crippen LogP contribution is -2.45. The van der Waals surface area contributed by atoms with Crippen LogP contribution in [0.15, 0.2) is 18.6 Å². The number of carbonyl (C=O) groups excluding carboxylic acids is 1. The Bertz CT molecular complexity index is 317. The highest BCUT2D eigenvalue weighted by molar-refractivity contribution is 5.76. The maximum Gasteiger partial charge on any atom is 0.220 e. The van der Waals surface area contributed by atoms with Crippen LogP contribution in [0.5, 0.6) is 0 Å². The summed E-state index contributed by atoms with van der Waals surface area (Å²) in [4.78, 5) is 19.1. The van der Waals surface area contributed by atoms with Gasteiger partial charge in [-0.15, -0.1) is 0 Å². The molecule has 0 aliphatic carbocycles. The zero-order valence-electron chi connectivity index (χ0n) is 8.44. The number of hydrogen-bond donors (Lipinski definition) is 2. The van der Waals surface area contributed by atoms with E-state index >= 15 is 0 Å². The number of piperidine rings is 1. The Hall–Kier alpha value is -1.49. The Morgan fingerprint density at radius 3 is 3.13 bits per heavy atom. The maximum absolute atomic E-state index is 10.9. The van der Waals surface area contributed by atoms with E-state index in [1.807, 2.05) is 0 Å². The van der Waals surface area contributed by atoms with Crippen LogP contribution in [0, 0.1) is 0 Å². The SMILES string of the molecule is O=C1CCC(NCc2cnccn2)CN1. The first-order valence-corrected chi connectivity index (χ1v) is 5.09. The predicted octanol–water partition coefficient (Wildman–Crippen LogP) is -0.155. The van der Waals surface area contributed by atoms with Crippen molar-refractivity contribution in [3.63, 3.8) is 0 Å². The molecular formula is C10H14N4O. The molecule has 15 heavy (non-hydrogen) atoms. The molecule has 1 atom stereocenters. The fraction of sp³-hybridized carbons (Fsp3) is 0.500. The van der Waals surface area contributed by atoms with Gasteiger partial charge in [0.25, 0.3) is 0 Å². The Morgan fingerprint density at radius 1 is 1.53 bits per heavy atom. The largest absolute Gasteiger partial charge is 0.355 e. The van der Waals surface area contributed by atoms with Crippen LogP contribution in [0.3, 0.4) is 0 Å². The molecule has 1 aromatic heterocycles. The molecule has 5 nitrogen and oxygen atoms in total. The molecule has 0 saturated carbocycles. The third-order valence-corrected chi connectivity index (χ3v) is 2.45. The summed E-state index contributed by atoms with van der Waals surface area (Å²) in [6.07, 6.45) is 6.59. The molecule has 0 spiro atoms. The predicted molar refractivity (Wildman–Crippen MR) is 54.9 cm³/mol. The Balaban J connectivity index is 1.77. The molecule has 1 saturated heterocycles. The third kappa shape index (κ3) is 2.99. The highest BCUT2D eigenvalue weighted by atomic mass is 16.1. The van der Waals surface area contributed by atoms with Gasteiger partial charge < -0.3 is 10.6 Å². The van der Waals surface area contributed by atoms with E-state index in [1.54, 1.807) is 18.6 Å². The Kier molecular flexibility index (Phi) is 3.24. The zero-order chi connectivity index (χ0) is 10.5. The van der Waals surface area contributed by atoms with E-state index in [4.69, 9.17) is 0 Å². The van der Waals surface area contributed by atoms with Crippen molar-refractivity contribution in [2.45, 2.75) is 25.4 Å². The van der Waals surface area contributed by atoms with Gasteiger partial charge in [-0.2, -0.15) is 0 Å². The van der Waals surface area contributed by atoms with Gasteiger partial charge in [-0.25, -0.2) is 0 Å². The minimum absolute atomic E-state index is 0.146. The standard InChI is InChI=1S/C10H14N4O/c15-10-2-1-8(6-14-10)13-7-9-5-11-3-4-12-9/h3-5,8,13H,1-2,6-7H2,(H,14,15). The van der Waals surface area contributed by atoms with Gasteiger partial charge in [0.2, 0.25) is 5.91 Å². The summed E-state index contributed by atoms with van der Waals surface area (Å²) in [5.41, 5.74) is 0.925. The Morgan fingerprint density at radius 2 is 2.47 bits per heavy atom. The van der Waals surface area contributed by atoms with Crippen LogP contribution in [-0.2, 0) is 11.3 Å². The first-order valence-electron chi connectivity index (χ1n) is 5.09. The van der Waals surface area contributed by atoms with E-state index in [-0.39, 0.29) is 5.91 Å². The molecule has 1 aliphatic rings. The molecule has 80 valence electrons. The number of amides is 1. The van der Waals surface area contributed by atoms with E-state index in [9.17, 15) is 4.79 Å². The minimum Gasteiger partial charge on any atom is -0.355 e. The summed E-state index contributed by atoms with van der Waals surface area (Å²) in [6, 6.07) is 0.352. The number of carbonyl (C=O) groups is 1. The molecule has 1 aliphatic heterocycles. The second kappa shape index (κ2) is 4.84. The van der Waals surface area contributed by atoms with Crippen molar-refractivity contribution in [1.82, 2.24) is 20.6 Å². The number of nitrogens with one attached hydrogen (secondary N) is 2. The fourth-order valence-corrected chi connectivity index (χ4v) is 1.58. The van der Waals surface area contributed by atoms with Gasteiger partial charge in [-0.1, -0.05) is 0 Å². The zero-order valence-corrected chi connectivity index (χ0v) is 8.44. The van der Waals surface area contributed by atoms with Crippen LogP contribution in [0.2, 0.25) is 0 Å². The molecule has 2 rings (SSSR count). The van der Waals surface area contributed by atoms with E-state index in [0.29, 0.717) is 25.6 Å². The quantitative estimate of drug-likeness (QED) is 0.721. The van der Waals surface area contributed by atoms with Crippen molar-refractivity contribution in [2.24, 2.45) is 0 Å². The first kappa shape index (κ1) is 10.0. The molecule has 5 heteroatoms. The van der Waals surface area contributed by atoms with E-state index < -0.39 is 0 Å². The van der Waals surface area contributed by atoms with Gasteiger partial charge in [0.15, 0.2) is 0 Å². The van der Waals surface area contributed by atoms with Gasteiger partial charge in [-0.05, 0) is 6.42 Å². The average Bonchev–Trinajstić information content (AvgIpc) is 2.30. The number of aromatic nitrogens is 2. The summed E-state index contributed by atoms with van der Waals surface area (Å²) in [6.45, 7) is 1.41. The minimum atomic E-state index is 0.146. The average molecular weight is 206 g/mol. The van der Waals surface area contributed by atoms with Gasteiger partial charge in [0.1, 0.15) is 0 Å². The monoisotopic (exact) mass is 206 g/mol. The molecule has 2 N–H and O–H groups in total. The lowest BCUT2D eigenvalue weighted by molar-refractivity contribution is -0.122. The normalized spacial score (nSPS) is 21.1. The van der Waals surface area contributed by atoms with Gasteiger partial charge in [0, 0.05) is 44.1 Å². The summed E-state index contributed by atoms with van der Waals surface area (Å²) >= 11 is 0. The van der Waals surface area contributed by atoms with Crippen LogP contribution >= 0.6 is 0 Å². The summed E-state index contributed by atoms with van der Waals surface area (Å²) in [5, 5.41) is 6.17. The highest BCUT2D eigenvalue weighted by Crippen LogP contribution is 2.03. The van der Waals surface area contributed by atoms with Crippen molar-refractivity contribution in [3.8, 4) is 0 Å². The van der Waals surface area contributed by atoms with Crippen LogP contribution in [0.4, 0.5) is 0 Å². The van der Waals surface area contributed by atoms with Crippen LogP contribution in [0.1, 0.15) is 18.5 Å². The molecule has 0 radical (unpaired) electrons. The molecular weight excluding hydrogens is 192 g/mol. The molecule has 1 amide bonds. The van der Waals surface area contributed by atoms with Crippen molar-refractivity contribution in [2.75, 3.05) is 6.54 Å². The Labute approximate surface area is 88.3 Å². The number of nitrogens with zero attached hydrogens (tertiary/aromatic N) is 2. The molecule has 1 aromatic rings. The van der Waals surface area contributed by atoms with Crippen molar-refractivity contribution >= 4 is 5.91 Å². The third-order valence-electron chi connectivity index (χ3n) is 2.45. The van der Waals surface area contributed by atoms with Gasteiger partial charge in [0.05, 0.1) is 5.69 Å². The van der Waals surface area contributed by atoms with E-state index in [0.717, 1.165) is 12.1 Å². The molecule has 1 unspecified atom stereocenters. The molecule has 0 aromatic carbocycles. The second-order valence-corrected chi connectivity index (χ2v) is 3.62. The summed E-state index contributed by atoms with van der Waals surface area (Å²) in [7, 11) is 0. The van der Waals surface area contributed by atoms with Gasteiger partial charge in [-0.3, -0.25) is 14.8 Å². The van der Waals surface area contributed by atoms with Crippen molar-refractivity contribution in [1.29, 1.82) is 0 Å². The summed E-state index contributed by atoms with van der Waals surface area (Å²) in [5.74, 6) is 0.146. The lowest BCUT2D eigenvalue weighted by Gasteiger charge is -2.23. The molecule has 0 bridgehead atoms. The van der Waals surface area contributed by atoms with Crippen LogP contribution < -0.4 is 10.6 Å². The van der Waals surface area contributed by atoms with Crippen molar-refractivity contribution in [3.05, 3.63) is 24.3 Å². The van der Waals surface area contributed by atoms with Gasteiger partial charge >= 0.3 is 0 Å². The fourth-order valence-electron chi connectivity index (χ4n) is 1.58. The maximum atomic E-state index is 10.9. The first-order chi connectivity index (χ1) is 7.34. The number of rotatable bonds is 3. The second-order valence-electron chi connectivity index (χ2n) is 3.62. The van der Waals surface area contributed by atoms with Crippen molar-refractivity contribution < 1.29 is 4.79 Å². The molecule has 2 heterocycles.